The second-order valence-electron chi connectivity index (χ2n) is 7.01. The van der Waals surface area contributed by atoms with E-state index in [1.165, 1.54) is 29.2 Å². The highest BCUT2D eigenvalue weighted by atomic mass is 19.1. The van der Waals surface area contributed by atoms with Gasteiger partial charge in [-0.25, -0.2) is 4.39 Å². The molecular weight excluding hydrogens is 371 g/mol. The topological polar surface area (TPSA) is 58.6 Å². The number of ether oxygens (including phenoxy) is 1. The molecule has 0 fully saturated rings. The molecule has 2 amide bonds. The lowest BCUT2D eigenvalue weighted by atomic mass is 10.0. The largest absolute Gasteiger partial charge is 0.382 e. The molecule has 29 heavy (non-hydrogen) atoms. The van der Waals surface area contributed by atoms with Gasteiger partial charge < -0.3 is 10.1 Å². The summed E-state index contributed by atoms with van der Waals surface area (Å²) in [6.45, 7) is 7.11. The molecule has 0 aliphatic carbocycles. The lowest BCUT2D eigenvalue weighted by molar-refractivity contribution is -0.137. The number of hydrogen-bond donors (Lipinski definition) is 1. The number of carbonyl (C=O) groups is 2. The van der Waals surface area contributed by atoms with Crippen LogP contribution in [0.3, 0.4) is 0 Å². The van der Waals surface area contributed by atoms with Crippen LogP contribution in [-0.2, 0) is 14.3 Å². The second-order valence-corrected chi connectivity index (χ2v) is 7.01. The third-order valence-corrected chi connectivity index (χ3v) is 4.83. The van der Waals surface area contributed by atoms with Crippen LogP contribution in [0.5, 0.6) is 0 Å². The van der Waals surface area contributed by atoms with Gasteiger partial charge in [-0.2, -0.15) is 0 Å². The van der Waals surface area contributed by atoms with Crippen molar-refractivity contribution in [2.75, 3.05) is 25.1 Å². The molecule has 0 saturated heterocycles. The molecule has 1 N–H and O–H groups in total. The van der Waals surface area contributed by atoms with Gasteiger partial charge >= 0.3 is 0 Å². The van der Waals surface area contributed by atoms with Crippen LogP contribution in [-0.4, -0.2) is 36.5 Å². The van der Waals surface area contributed by atoms with Gasteiger partial charge in [0, 0.05) is 25.4 Å². The Hall–Kier alpha value is -2.99. The van der Waals surface area contributed by atoms with E-state index in [-0.39, 0.29) is 29.6 Å². The number of nitrogens with one attached hydrogen (secondary N) is 1. The maximum absolute atomic E-state index is 13.4. The lowest BCUT2D eigenvalue weighted by Crippen LogP contribution is -2.34. The van der Waals surface area contributed by atoms with Crippen LogP contribution < -0.4 is 5.32 Å². The number of benzene rings is 2. The Labute approximate surface area is 170 Å². The molecule has 0 atom stereocenters. The number of rotatable bonds is 8. The number of aryl methyl sites for hydroxylation is 2. The molecule has 0 bridgehead atoms. The average Bonchev–Trinajstić information content (AvgIpc) is 2.93. The van der Waals surface area contributed by atoms with Crippen molar-refractivity contribution in [2.24, 2.45) is 0 Å². The van der Waals surface area contributed by atoms with Crippen molar-refractivity contribution in [3.05, 3.63) is 70.7 Å². The molecular formula is C23H25FN2O3. The molecule has 2 aromatic rings. The van der Waals surface area contributed by atoms with Gasteiger partial charge in [0.25, 0.3) is 11.8 Å². The molecule has 0 spiro atoms. The zero-order chi connectivity index (χ0) is 21.0. The fourth-order valence-corrected chi connectivity index (χ4v) is 3.25. The number of anilines is 1. The minimum Gasteiger partial charge on any atom is -0.382 e. The third kappa shape index (κ3) is 4.54. The van der Waals surface area contributed by atoms with E-state index in [0.717, 1.165) is 16.8 Å². The van der Waals surface area contributed by atoms with E-state index in [1.807, 2.05) is 39.0 Å². The van der Waals surface area contributed by atoms with Gasteiger partial charge in [-0.15, -0.1) is 0 Å². The summed E-state index contributed by atoms with van der Waals surface area (Å²) in [5.74, 6) is -1.17. The number of nitrogens with zero attached hydrogens (tertiary/aromatic N) is 1. The van der Waals surface area contributed by atoms with Gasteiger partial charge in [0.05, 0.1) is 5.57 Å². The van der Waals surface area contributed by atoms with Crippen molar-refractivity contribution in [1.29, 1.82) is 0 Å². The van der Waals surface area contributed by atoms with Crippen LogP contribution in [0.15, 0.2) is 48.2 Å². The summed E-state index contributed by atoms with van der Waals surface area (Å²) in [7, 11) is 0. The number of carbonyl (C=O) groups excluding carboxylic acids is 2. The smallest absolute Gasteiger partial charge is 0.278 e. The van der Waals surface area contributed by atoms with E-state index in [1.54, 1.807) is 0 Å². The molecule has 1 heterocycles. The Balaban J connectivity index is 1.97. The van der Waals surface area contributed by atoms with Gasteiger partial charge in [0.1, 0.15) is 11.5 Å². The van der Waals surface area contributed by atoms with Gasteiger partial charge in [0.2, 0.25) is 0 Å². The highest BCUT2D eigenvalue weighted by Crippen LogP contribution is 2.31. The lowest BCUT2D eigenvalue weighted by Gasteiger charge is -2.15. The molecule has 0 aromatic heterocycles. The first-order valence-corrected chi connectivity index (χ1v) is 9.70. The quantitative estimate of drug-likeness (QED) is 0.540. The van der Waals surface area contributed by atoms with E-state index >= 15 is 0 Å². The zero-order valence-electron chi connectivity index (χ0n) is 16.9. The predicted molar refractivity (Wildman–Crippen MR) is 111 cm³/mol. The zero-order valence-corrected chi connectivity index (χ0v) is 16.9. The van der Waals surface area contributed by atoms with Gasteiger partial charge in [-0.1, -0.05) is 24.3 Å². The Morgan fingerprint density at radius 1 is 1.03 bits per heavy atom. The SMILES string of the molecule is CCOCCCN1C(=O)C(Nc2cc(C)ccc2C)=C(c2ccc(F)cc2)C1=O. The summed E-state index contributed by atoms with van der Waals surface area (Å²) in [5, 5.41) is 3.17. The summed E-state index contributed by atoms with van der Waals surface area (Å²) in [4.78, 5) is 27.4. The Morgan fingerprint density at radius 2 is 1.76 bits per heavy atom. The van der Waals surface area contributed by atoms with Crippen molar-refractivity contribution in [3.63, 3.8) is 0 Å². The maximum Gasteiger partial charge on any atom is 0.278 e. The molecule has 3 rings (SSSR count). The van der Waals surface area contributed by atoms with E-state index in [2.05, 4.69) is 5.32 Å². The Kier molecular flexibility index (Phi) is 6.44. The normalized spacial score (nSPS) is 14.1. The van der Waals surface area contributed by atoms with Crippen molar-refractivity contribution < 1.29 is 18.7 Å². The fraction of sp³-hybridized carbons (Fsp3) is 0.304. The van der Waals surface area contributed by atoms with Crippen LogP contribution in [0.4, 0.5) is 10.1 Å². The minimum atomic E-state index is -0.399. The fourth-order valence-electron chi connectivity index (χ4n) is 3.25. The van der Waals surface area contributed by atoms with E-state index < -0.39 is 5.82 Å². The van der Waals surface area contributed by atoms with Crippen molar-refractivity contribution >= 4 is 23.1 Å². The van der Waals surface area contributed by atoms with Crippen LogP contribution in [0, 0.1) is 19.7 Å². The molecule has 6 heteroatoms. The van der Waals surface area contributed by atoms with E-state index in [4.69, 9.17) is 4.74 Å². The maximum atomic E-state index is 13.4. The molecule has 5 nitrogen and oxygen atoms in total. The summed E-state index contributed by atoms with van der Waals surface area (Å²) < 4.78 is 18.7. The average molecular weight is 396 g/mol. The highest BCUT2D eigenvalue weighted by Gasteiger charge is 2.39. The number of halogens is 1. The van der Waals surface area contributed by atoms with Gasteiger partial charge in [0.15, 0.2) is 0 Å². The molecule has 0 saturated carbocycles. The number of amides is 2. The van der Waals surface area contributed by atoms with E-state index in [0.29, 0.717) is 25.2 Å². The molecule has 0 radical (unpaired) electrons. The Bertz CT molecular complexity index is 951. The summed E-state index contributed by atoms with van der Waals surface area (Å²) in [5.41, 5.74) is 3.73. The Morgan fingerprint density at radius 3 is 2.45 bits per heavy atom. The van der Waals surface area contributed by atoms with Crippen molar-refractivity contribution in [1.82, 2.24) is 4.90 Å². The van der Waals surface area contributed by atoms with Gasteiger partial charge in [-0.05, 0) is 62.1 Å². The van der Waals surface area contributed by atoms with Crippen LogP contribution >= 0.6 is 0 Å². The monoisotopic (exact) mass is 396 g/mol. The highest BCUT2D eigenvalue weighted by molar-refractivity contribution is 6.36. The first kappa shape index (κ1) is 20.7. The van der Waals surface area contributed by atoms with E-state index in [9.17, 15) is 14.0 Å². The molecule has 152 valence electrons. The van der Waals surface area contributed by atoms with Crippen LogP contribution in [0.1, 0.15) is 30.0 Å². The summed E-state index contributed by atoms with van der Waals surface area (Å²) in [6.07, 6.45) is 0.554. The van der Waals surface area contributed by atoms with Crippen LogP contribution in [0.2, 0.25) is 0 Å². The number of hydrogen-bond acceptors (Lipinski definition) is 4. The first-order valence-electron chi connectivity index (χ1n) is 9.70. The summed E-state index contributed by atoms with van der Waals surface area (Å²) >= 11 is 0. The summed E-state index contributed by atoms with van der Waals surface area (Å²) in [6, 6.07) is 11.5. The molecule has 0 unspecified atom stereocenters. The second kappa shape index (κ2) is 9.01. The van der Waals surface area contributed by atoms with Crippen molar-refractivity contribution in [3.8, 4) is 0 Å². The number of imide groups is 1. The predicted octanol–water partition coefficient (Wildman–Crippen LogP) is 4.06. The van der Waals surface area contributed by atoms with Crippen LogP contribution in [0.25, 0.3) is 5.57 Å². The molecule has 2 aromatic carbocycles. The third-order valence-electron chi connectivity index (χ3n) is 4.83. The standard InChI is InChI=1S/C23H25FN2O3/c1-4-29-13-5-12-26-22(27)20(17-8-10-18(24)11-9-17)21(23(26)28)25-19-14-15(2)6-7-16(19)3/h6-11,14,25H,4-5,12-13H2,1-3H3. The minimum absolute atomic E-state index is 0.215. The van der Waals surface area contributed by atoms with Crippen molar-refractivity contribution in [2.45, 2.75) is 27.2 Å². The van der Waals surface area contributed by atoms with Gasteiger partial charge in [-0.3, -0.25) is 14.5 Å². The molecule has 1 aliphatic heterocycles. The first-order chi connectivity index (χ1) is 13.9. The molecule has 1 aliphatic rings.